The Balaban J connectivity index is 2.26. The number of hydrogen-bond acceptors (Lipinski definition) is 2. The maximum Gasteiger partial charge on any atom is 0.0361 e. The lowest BCUT2D eigenvalue weighted by Gasteiger charge is -2.28. The van der Waals surface area contributed by atoms with Crippen LogP contribution in [-0.2, 0) is 5.41 Å². The number of hydrogen-bond donors (Lipinski definition) is 1. The van der Waals surface area contributed by atoms with E-state index >= 15 is 0 Å². The molecular formula is C14H22N2. The molecule has 1 saturated carbocycles. The van der Waals surface area contributed by atoms with E-state index in [0.29, 0.717) is 0 Å². The van der Waals surface area contributed by atoms with Crippen LogP contribution in [0.1, 0.15) is 31.2 Å². The molecule has 2 heteroatoms. The fraction of sp³-hybridized carbons (Fsp3) is 0.571. The fourth-order valence-electron chi connectivity index (χ4n) is 2.78. The SMILES string of the molecule is CN(C)c1ccc(C2(CN)CCCC2)cc1. The molecule has 88 valence electrons. The third kappa shape index (κ3) is 1.94. The van der Waals surface area contributed by atoms with Crippen LogP contribution in [0.25, 0.3) is 0 Å². The van der Waals surface area contributed by atoms with Crippen molar-refractivity contribution in [3.63, 3.8) is 0 Å². The van der Waals surface area contributed by atoms with Gasteiger partial charge in [-0.3, -0.25) is 0 Å². The molecule has 0 spiro atoms. The molecule has 0 atom stereocenters. The Morgan fingerprint density at radius 1 is 1.12 bits per heavy atom. The summed E-state index contributed by atoms with van der Waals surface area (Å²) in [6, 6.07) is 8.91. The Morgan fingerprint density at radius 2 is 1.69 bits per heavy atom. The Hall–Kier alpha value is -1.02. The molecule has 0 bridgehead atoms. The molecule has 1 aliphatic rings. The summed E-state index contributed by atoms with van der Waals surface area (Å²) in [7, 11) is 4.15. The molecule has 0 aromatic heterocycles. The normalized spacial score (nSPS) is 18.7. The van der Waals surface area contributed by atoms with E-state index in [4.69, 9.17) is 5.73 Å². The van der Waals surface area contributed by atoms with Crippen LogP contribution in [-0.4, -0.2) is 20.6 Å². The van der Waals surface area contributed by atoms with Gasteiger partial charge in [0.25, 0.3) is 0 Å². The van der Waals surface area contributed by atoms with Gasteiger partial charge in [0.1, 0.15) is 0 Å². The number of benzene rings is 1. The molecule has 1 aromatic rings. The first-order valence-corrected chi connectivity index (χ1v) is 6.16. The smallest absolute Gasteiger partial charge is 0.0361 e. The Bertz CT molecular complexity index is 334. The largest absolute Gasteiger partial charge is 0.378 e. The van der Waals surface area contributed by atoms with Crippen molar-refractivity contribution in [2.75, 3.05) is 25.5 Å². The van der Waals surface area contributed by atoms with Crippen LogP contribution in [0.5, 0.6) is 0 Å². The zero-order valence-electron chi connectivity index (χ0n) is 10.4. The summed E-state index contributed by atoms with van der Waals surface area (Å²) < 4.78 is 0. The van der Waals surface area contributed by atoms with Gasteiger partial charge in [0.2, 0.25) is 0 Å². The van der Waals surface area contributed by atoms with Crippen molar-refractivity contribution in [3.8, 4) is 0 Å². The summed E-state index contributed by atoms with van der Waals surface area (Å²) in [5.41, 5.74) is 8.94. The van der Waals surface area contributed by atoms with Gasteiger partial charge in [-0.2, -0.15) is 0 Å². The number of nitrogens with zero attached hydrogens (tertiary/aromatic N) is 1. The monoisotopic (exact) mass is 218 g/mol. The minimum Gasteiger partial charge on any atom is -0.378 e. The Morgan fingerprint density at radius 3 is 2.12 bits per heavy atom. The Kier molecular flexibility index (Phi) is 3.20. The summed E-state index contributed by atoms with van der Waals surface area (Å²) in [5, 5.41) is 0. The number of nitrogens with two attached hydrogens (primary N) is 1. The lowest BCUT2D eigenvalue weighted by atomic mass is 9.79. The van der Waals surface area contributed by atoms with Gasteiger partial charge in [0.05, 0.1) is 0 Å². The summed E-state index contributed by atoms with van der Waals surface area (Å²) >= 11 is 0. The summed E-state index contributed by atoms with van der Waals surface area (Å²) in [6.45, 7) is 0.786. The summed E-state index contributed by atoms with van der Waals surface area (Å²) in [6.07, 6.45) is 5.16. The zero-order valence-corrected chi connectivity index (χ0v) is 10.4. The van der Waals surface area contributed by atoms with Crippen LogP contribution in [0.3, 0.4) is 0 Å². The van der Waals surface area contributed by atoms with Gasteiger partial charge in [-0.05, 0) is 30.5 Å². The second kappa shape index (κ2) is 4.46. The maximum absolute atomic E-state index is 5.99. The quantitative estimate of drug-likeness (QED) is 0.844. The van der Waals surface area contributed by atoms with Gasteiger partial charge in [-0.1, -0.05) is 25.0 Å². The maximum atomic E-state index is 5.99. The van der Waals surface area contributed by atoms with E-state index in [1.165, 1.54) is 36.9 Å². The van der Waals surface area contributed by atoms with Gasteiger partial charge in [0.15, 0.2) is 0 Å². The van der Waals surface area contributed by atoms with E-state index in [0.717, 1.165) is 6.54 Å². The third-order valence-corrected chi connectivity index (χ3v) is 3.95. The third-order valence-electron chi connectivity index (χ3n) is 3.95. The van der Waals surface area contributed by atoms with Crippen molar-refractivity contribution in [3.05, 3.63) is 29.8 Å². The van der Waals surface area contributed by atoms with E-state index in [2.05, 4.69) is 43.3 Å². The highest BCUT2D eigenvalue weighted by Crippen LogP contribution is 2.40. The number of anilines is 1. The average Bonchev–Trinajstić information content (AvgIpc) is 2.79. The molecule has 0 amide bonds. The summed E-state index contributed by atoms with van der Waals surface area (Å²) in [4.78, 5) is 2.13. The lowest BCUT2D eigenvalue weighted by molar-refractivity contribution is 0.453. The molecule has 0 aliphatic heterocycles. The molecule has 0 unspecified atom stereocenters. The minimum absolute atomic E-state index is 0.269. The molecule has 2 rings (SSSR count). The van der Waals surface area contributed by atoms with Crippen LogP contribution in [0.15, 0.2) is 24.3 Å². The standard InChI is InChI=1S/C14H22N2/c1-16(2)13-7-5-12(6-8-13)14(11-15)9-3-4-10-14/h5-8H,3-4,9-11,15H2,1-2H3. The molecular weight excluding hydrogens is 196 g/mol. The highest BCUT2D eigenvalue weighted by molar-refractivity contribution is 5.47. The summed E-state index contributed by atoms with van der Waals surface area (Å²) in [5.74, 6) is 0. The topological polar surface area (TPSA) is 29.3 Å². The minimum atomic E-state index is 0.269. The van der Waals surface area contributed by atoms with Crippen molar-refractivity contribution in [1.29, 1.82) is 0 Å². The van der Waals surface area contributed by atoms with Crippen LogP contribution in [0.2, 0.25) is 0 Å². The van der Waals surface area contributed by atoms with Gasteiger partial charge < -0.3 is 10.6 Å². The van der Waals surface area contributed by atoms with Gasteiger partial charge in [0, 0.05) is 31.7 Å². The molecule has 1 aromatic carbocycles. The zero-order chi connectivity index (χ0) is 11.6. The molecule has 2 nitrogen and oxygen atoms in total. The van der Waals surface area contributed by atoms with E-state index < -0.39 is 0 Å². The van der Waals surface area contributed by atoms with Crippen molar-refractivity contribution in [1.82, 2.24) is 0 Å². The van der Waals surface area contributed by atoms with E-state index in [1.54, 1.807) is 0 Å². The average molecular weight is 218 g/mol. The molecule has 1 aliphatic carbocycles. The Labute approximate surface area is 98.4 Å². The molecule has 1 fully saturated rings. The van der Waals surface area contributed by atoms with Gasteiger partial charge in [-0.25, -0.2) is 0 Å². The first-order chi connectivity index (χ1) is 7.68. The van der Waals surface area contributed by atoms with Crippen LogP contribution in [0.4, 0.5) is 5.69 Å². The van der Waals surface area contributed by atoms with Gasteiger partial charge >= 0.3 is 0 Å². The molecule has 2 N–H and O–H groups in total. The highest BCUT2D eigenvalue weighted by atomic mass is 15.1. The van der Waals surface area contributed by atoms with Crippen molar-refractivity contribution >= 4 is 5.69 Å². The molecule has 16 heavy (non-hydrogen) atoms. The second-order valence-electron chi connectivity index (χ2n) is 5.13. The van der Waals surface area contributed by atoms with E-state index in [9.17, 15) is 0 Å². The lowest BCUT2D eigenvalue weighted by Crippen LogP contribution is -2.31. The predicted molar refractivity (Wildman–Crippen MR) is 70.0 cm³/mol. The van der Waals surface area contributed by atoms with Crippen molar-refractivity contribution in [2.24, 2.45) is 5.73 Å². The fourth-order valence-corrected chi connectivity index (χ4v) is 2.78. The van der Waals surface area contributed by atoms with Crippen LogP contribution >= 0.6 is 0 Å². The van der Waals surface area contributed by atoms with Gasteiger partial charge in [-0.15, -0.1) is 0 Å². The van der Waals surface area contributed by atoms with E-state index in [-0.39, 0.29) is 5.41 Å². The first-order valence-electron chi connectivity index (χ1n) is 6.16. The van der Waals surface area contributed by atoms with Crippen molar-refractivity contribution in [2.45, 2.75) is 31.1 Å². The molecule has 0 saturated heterocycles. The van der Waals surface area contributed by atoms with Crippen LogP contribution < -0.4 is 10.6 Å². The highest BCUT2D eigenvalue weighted by Gasteiger charge is 2.33. The predicted octanol–water partition coefficient (Wildman–Crippen LogP) is 2.52. The van der Waals surface area contributed by atoms with E-state index in [1.807, 2.05) is 0 Å². The number of rotatable bonds is 3. The molecule has 0 radical (unpaired) electrons. The van der Waals surface area contributed by atoms with Crippen LogP contribution in [0, 0.1) is 0 Å². The first kappa shape index (κ1) is 11.5. The molecule has 0 heterocycles. The second-order valence-corrected chi connectivity index (χ2v) is 5.13. The van der Waals surface area contributed by atoms with Crippen molar-refractivity contribution < 1.29 is 0 Å².